The first kappa shape index (κ1) is 16.8. The molecule has 0 aliphatic heterocycles. The summed E-state index contributed by atoms with van der Waals surface area (Å²) in [6.07, 6.45) is 3.57. The van der Waals surface area contributed by atoms with Gasteiger partial charge in [0.05, 0.1) is 0 Å². The number of aromatic nitrogens is 2. The largest absolute Gasteiger partial charge is 0.367 e. The van der Waals surface area contributed by atoms with Crippen molar-refractivity contribution in [2.45, 2.75) is 32.7 Å². The van der Waals surface area contributed by atoms with Gasteiger partial charge >= 0.3 is 0 Å². The summed E-state index contributed by atoms with van der Waals surface area (Å²) < 4.78 is 0. The third kappa shape index (κ3) is 5.04. The number of nitrogens with zero attached hydrogens (tertiary/aromatic N) is 2. The van der Waals surface area contributed by atoms with Gasteiger partial charge in [0.25, 0.3) is 0 Å². The molecule has 118 valence electrons. The molecule has 2 aromatic rings. The monoisotopic (exact) mass is 338 g/mol. The molecular formula is C16H20Cl2N4. The fourth-order valence-corrected chi connectivity index (χ4v) is 2.42. The van der Waals surface area contributed by atoms with E-state index in [1.807, 2.05) is 18.2 Å². The third-order valence-electron chi connectivity index (χ3n) is 3.35. The van der Waals surface area contributed by atoms with Gasteiger partial charge in [-0.25, -0.2) is 4.98 Å². The van der Waals surface area contributed by atoms with Crippen molar-refractivity contribution in [3.05, 3.63) is 46.1 Å². The maximum absolute atomic E-state index is 6.16. The maximum atomic E-state index is 6.16. The predicted octanol–water partition coefficient (Wildman–Crippen LogP) is 4.65. The quantitative estimate of drug-likeness (QED) is 0.771. The van der Waals surface area contributed by atoms with Gasteiger partial charge in [-0.2, -0.15) is 4.98 Å². The van der Waals surface area contributed by atoms with Crippen LogP contribution in [-0.2, 0) is 6.42 Å². The molecule has 4 nitrogen and oxygen atoms in total. The number of hydrogen-bond acceptors (Lipinski definition) is 4. The van der Waals surface area contributed by atoms with Crippen LogP contribution in [0.4, 0.5) is 11.8 Å². The summed E-state index contributed by atoms with van der Waals surface area (Å²) in [6, 6.07) is 7.79. The van der Waals surface area contributed by atoms with Crippen LogP contribution in [0.3, 0.4) is 0 Å². The molecule has 0 radical (unpaired) electrons. The zero-order chi connectivity index (χ0) is 15.9. The van der Waals surface area contributed by atoms with Crippen LogP contribution < -0.4 is 10.6 Å². The highest BCUT2D eigenvalue weighted by Crippen LogP contribution is 2.21. The normalized spacial score (nSPS) is 12.0. The first-order valence-electron chi connectivity index (χ1n) is 7.36. The van der Waals surface area contributed by atoms with Crippen LogP contribution in [0.5, 0.6) is 0 Å². The Morgan fingerprint density at radius 2 is 2.05 bits per heavy atom. The van der Waals surface area contributed by atoms with E-state index in [0.29, 0.717) is 28.6 Å². The minimum absolute atomic E-state index is 0.385. The molecule has 0 amide bonds. The van der Waals surface area contributed by atoms with Crippen LogP contribution >= 0.6 is 23.2 Å². The van der Waals surface area contributed by atoms with Crippen molar-refractivity contribution < 1.29 is 0 Å². The molecule has 1 unspecified atom stereocenters. The van der Waals surface area contributed by atoms with Gasteiger partial charge < -0.3 is 10.6 Å². The molecule has 0 fully saturated rings. The molecule has 2 N–H and O–H groups in total. The summed E-state index contributed by atoms with van der Waals surface area (Å²) in [6.45, 7) is 4.96. The minimum Gasteiger partial charge on any atom is -0.367 e. The van der Waals surface area contributed by atoms with Crippen LogP contribution in [0.25, 0.3) is 0 Å². The fourth-order valence-electron chi connectivity index (χ4n) is 1.91. The molecule has 22 heavy (non-hydrogen) atoms. The molecule has 0 saturated heterocycles. The zero-order valence-electron chi connectivity index (χ0n) is 12.7. The Labute approximate surface area is 141 Å². The predicted molar refractivity (Wildman–Crippen MR) is 94.1 cm³/mol. The number of benzene rings is 1. The molecular weight excluding hydrogens is 319 g/mol. The topological polar surface area (TPSA) is 49.8 Å². The van der Waals surface area contributed by atoms with E-state index in [-0.39, 0.29) is 0 Å². The van der Waals surface area contributed by atoms with Gasteiger partial charge in [-0.3, -0.25) is 0 Å². The lowest BCUT2D eigenvalue weighted by Gasteiger charge is -2.13. The van der Waals surface area contributed by atoms with E-state index in [0.717, 1.165) is 24.2 Å². The summed E-state index contributed by atoms with van der Waals surface area (Å²) in [7, 11) is 0. The minimum atomic E-state index is 0.385. The Kier molecular flexibility index (Phi) is 6.28. The van der Waals surface area contributed by atoms with Crippen LogP contribution in [0.2, 0.25) is 10.0 Å². The lowest BCUT2D eigenvalue weighted by molar-refractivity contribution is 0.758. The van der Waals surface area contributed by atoms with Crippen LogP contribution in [0, 0.1) is 0 Å². The SMILES string of the molecule is CCC(C)Nc1ccnc(NCCc2ccc(Cl)cc2Cl)n1. The molecule has 0 aliphatic carbocycles. The van der Waals surface area contributed by atoms with Gasteiger partial charge in [0, 0.05) is 28.8 Å². The summed E-state index contributed by atoms with van der Waals surface area (Å²) in [5, 5.41) is 7.87. The third-order valence-corrected chi connectivity index (χ3v) is 3.94. The number of nitrogens with one attached hydrogen (secondary N) is 2. The molecule has 6 heteroatoms. The average molecular weight is 339 g/mol. The molecule has 0 spiro atoms. The van der Waals surface area contributed by atoms with E-state index in [1.165, 1.54) is 0 Å². The molecule has 0 bridgehead atoms. The van der Waals surface area contributed by atoms with Crippen LogP contribution in [0.15, 0.2) is 30.5 Å². The standard InChI is InChI=1S/C16H20Cl2N4/c1-3-11(2)21-15-7-9-20-16(22-15)19-8-6-12-4-5-13(17)10-14(12)18/h4-5,7,9-11H,3,6,8H2,1-2H3,(H2,19,20,21,22). The smallest absolute Gasteiger partial charge is 0.224 e. The van der Waals surface area contributed by atoms with E-state index in [1.54, 1.807) is 12.3 Å². The van der Waals surface area contributed by atoms with E-state index in [9.17, 15) is 0 Å². The van der Waals surface area contributed by atoms with Crippen molar-refractivity contribution in [2.24, 2.45) is 0 Å². The number of hydrogen-bond donors (Lipinski definition) is 2. The molecule has 1 atom stereocenters. The van der Waals surface area contributed by atoms with Crippen molar-refractivity contribution in [3.8, 4) is 0 Å². The van der Waals surface area contributed by atoms with Gasteiger partial charge in [0.2, 0.25) is 5.95 Å². The molecule has 1 heterocycles. The maximum Gasteiger partial charge on any atom is 0.224 e. The van der Waals surface area contributed by atoms with Crippen molar-refractivity contribution in [1.29, 1.82) is 0 Å². The summed E-state index contributed by atoms with van der Waals surface area (Å²) in [4.78, 5) is 8.66. The zero-order valence-corrected chi connectivity index (χ0v) is 14.2. The molecule has 0 aliphatic rings. The molecule has 1 aromatic heterocycles. The second kappa shape index (κ2) is 8.20. The Morgan fingerprint density at radius 1 is 1.23 bits per heavy atom. The second-order valence-corrected chi connectivity index (χ2v) is 5.98. The van der Waals surface area contributed by atoms with E-state index < -0.39 is 0 Å². The number of halogens is 2. The highest BCUT2D eigenvalue weighted by molar-refractivity contribution is 6.35. The summed E-state index contributed by atoms with van der Waals surface area (Å²) in [5.41, 5.74) is 1.05. The van der Waals surface area contributed by atoms with Gasteiger partial charge in [-0.05, 0) is 43.5 Å². The van der Waals surface area contributed by atoms with Crippen LogP contribution in [0.1, 0.15) is 25.8 Å². The Balaban J connectivity index is 1.90. The van der Waals surface area contributed by atoms with Crippen molar-refractivity contribution in [1.82, 2.24) is 9.97 Å². The first-order valence-corrected chi connectivity index (χ1v) is 8.11. The Morgan fingerprint density at radius 3 is 2.77 bits per heavy atom. The van der Waals surface area contributed by atoms with E-state index >= 15 is 0 Å². The lowest BCUT2D eigenvalue weighted by atomic mass is 10.1. The highest BCUT2D eigenvalue weighted by atomic mass is 35.5. The van der Waals surface area contributed by atoms with Gasteiger partial charge in [-0.1, -0.05) is 36.2 Å². The fraction of sp³-hybridized carbons (Fsp3) is 0.375. The number of anilines is 2. The molecule has 0 saturated carbocycles. The first-order chi connectivity index (χ1) is 10.6. The van der Waals surface area contributed by atoms with Crippen molar-refractivity contribution in [2.75, 3.05) is 17.2 Å². The van der Waals surface area contributed by atoms with Gasteiger partial charge in [0.1, 0.15) is 5.82 Å². The lowest BCUT2D eigenvalue weighted by Crippen LogP contribution is -2.15. The Bertz CT molecular complexity index is 619. The molecule has 2 rings (SSSR count). The second-order valence-electron chi connectivity index (χ2n) is 5.13. The number of rotatable bonds is 7. The highest BCUT2D eigenvalue weighted by Gasteiger charge is 2.04. The van der Waals surface area contributed by atoms with Crippen LogP contribution in [-0.4, -0.2) is 22.6 Å². The van der Waals surface area contributed by atoms with Gasteiger partial charge in [0.15, 0.2) is 0 Å². The summed E-state index contributed by atoms with van der Waals surface area (Å²) >= 11 is 12.0. The van der Waals surface area contributed by atoms with Crippen molar-refractivity contribution in [3.63, 3.8) is 0 Å². The summed E-state index contributed by atoms with van der Waals surface area (Å²) in [5.74, 6) is 1.44. The van der Waals surface area contributed by atoms with Gasteiger partial charge in [-0.15, -0.1) is 0 Å². The molecule has 1 aromatic carbocycles. The Hall–Kier alpha value is -1.52. The van der Waals surface area contributed by atoms with E-state index in [2.05, 4.69) is 34.4 Å². The van der Waals surface area contributed by atoms with E-state index in [4.69, 9.17) is 23.2 Å². The van der Waals surface area contributed by atoms with Crippen molar-refractivity contribution >= 4 is 35.0 Å². The average Bonchev–Trinajstić information content (AvgIpc) is 2.50.